The molecule has 15 nitrogen and oxygen atoms in total. The molecule has 0 bridgehead atoms. The summed E-state index contributed by atoms with van der Waals surface area (Å²) in [5.74, 6) is -3.51. The van der Waals surface area contributed by atoms with E-state index in [1.807, 2.05) is 31.2 Å². The van der Waals surface area contributed by atoms with Crippen LogP contribution in [0.15, 0.2) is 60.7 Å². The highest BCUT2D eigenvalue weighted by molar-refractivity contribution is 5.97. The highest BCUT2D eigenvalue weighted by atomic mass is 16.5. The number of ether oxygens (including phenoxy) is 2. The minimum atomic E-state index is -1.44. The van der Waals surface area contributed by atoms with Gasteiger partial charge in [0.2, 0.25) is 29.5 Å². The molecule has 2 aromatic rings. The van der Waals surface area contributed by atoms with Gasteiger partial charge in [-0.1, -0.05) is 67.6 Å². The molecule has 15 heteroatoms. The molecule has 4 aliphatic heterocycles. The van der Waals surface area contributed by atoms with E-state index in [0.29, 0.717) is 45.1 Å². The van der Waals surface area contributed by atoms with Crippen molar-refractivity contribution in [1.29, 1.82) is 0 Å². The maximum atomic E-state index is 14.5. The van der Waals surface area contributed by atoms with Crippen LogP contribution in [0.3, 0.4) is 0 Å². The van der Waals surface area contributed by atoms with Gasteiger partial charge < -0.3 is 40.1 Å². The summed E-state index contributed by atoms with van der Waals surface area (Å²) in [6.07, 6.45) is 2.13. The van der Waals surface area contributed by atoms with E-state index in [0.717, 1.165) is 11.1 Å². The number of nitrogens with zero attached hydrogens (tertiary/aromatic N) is 3. The monoisotopic (exact) mass is 758 g/mol. The summed E-state index contributed by atoms with van der Waals surface area (Å²) in [5, 5.41) is 8.13. The van der Waals surface area contributed by atoms with E-state index in [9.17, 15) is 33.6 Å². The van der Waals surface area contributed by atoms with E-state index in [1.165, 1.54) is 14.7 Å². The molecule has 3 N–H and O–H groups in total. The summed E-state index contributed by atoms with van der Waals surface area (Å²) in [4.78, 5) is 101. The predicted octanol–water partition coefficient (Wildman–Crippen LogP) is 1.68. The Kier molecular flexibility index (Phi) is 12.7. The first-order chi connectivity index (χ1) is 26.5. The van der Waals surface area contributed by atoms with Gasteiger partial charge >= 0.3 is 12.1 Å². The van der Waals surface area contributed by atoms with Crippen molar-refractivity contribution in [2.24, 2.45) is 5.92 Å². The van der Waals surface area contributed by atoms with Gasteiger partial charge in [0.1, 0.15) is 49.5 Å². The number of piperidine rings is 1. The molecule has 0 radical (unpaired) electrons. The van der Waals surface area contributed by atoms with Crippen LogP contribution in [0.2, 0.25) is 0 Å². The standard InChI is InChI=1S/C40H50N6O9/c1-25-20-33-39(52)54-24-30(42-34(47)29(21-27-12-5-3-6-13-27)43-40(53)55-23-28-14-7-4-8-15-28)37(50)45-19-11-17-32(45)38(51)44-18-10-9-16-31(44)35(48)41-26(2)36(49)46(33)22-25/h3-8,12-15,25-26,29-33H,9-11,16-24H2,1-2H3,(H,41,48)(H,42,47)(H,43,53)/t25-,26+,29+,30+,31+,32+,33+/m1/s1. The van der Waals surface area contributed by atoms with Crippen LogP contribution in [0.25, 0.3) is 0 Å². The molecule has 4 heterocycles. The molecule has 0 spiro atoms. The van der Waals surface area contributed by atoms with Crippen LogP contribution in [-0.4, -0.2) is 119 Å². The Bertz CT molecular complexity index is 1740. The van der Waals surface area contributed by atoms with Gasteiger partial charge in [-0.15, -0.1) is 0 Å². The van der Waals surface area contributed by atoms with Gasteiger partial charge in [-0.25, -0.2) is 9.59 Å². The van der Waals surface area contributed by atoms with Crippen LogP contribution in [0.1, 0.15) is 63.5 Å². The summed E-state index contributed by atoms with van der Waals surface area (Å²) in [5.41, 5.74) is 1.47. The maximum absolute atomic E-state index is 14.5. The second-order valence-corrected chi connectivity index (χ2v) is 15.0. The normalized spacial score (nSPS) is 26.9. The number of cyclic esters (lactones) is 1. The molecule has 6 rings (SSSR count). The molecule has 2 aromatic carbocycles. The van der Waals surface area contributed by atoms with E-state index in [2.05, 4.69) is 16.0 Å². The van der Waals surface area contributed by atoms with Gasteiger partial charge in [0, 0.05) is 26.1 Å². The van der Waals surface area contributed by atoms with Gasteiger partial charge in [0.05, 0.1) is 0 Å². The largest absolute Gasteiger partial charge is 0.461 e. The van der Waals surface area contributed by atoms with E-state index < -0.39 is 84.5 Å². The van der Waals surface area contributed by atoms with E-state index in [4.69, 9.17) is 9.47 Å². The molecule has 0 aliphatic carbocycles. The van der Waals surface area contributed by atoms with Crippen molar-refractivity contribution in [3.63, 3.8) is 0 Å². The molecule has 294 valence electrons. The molecular formula is C40H50N6O9. The summed E-state index contributed by atoms with van der Waals surface area (Å²) in [6.45, 7) is 3.62. The molecular weight excluding hydrogens is 708 g/mol. The maximum Gasteiger partial charge on any atom is 0.408 e. The van der Waals surface area contributed by atoms with E-state index in [-0.39, 0.29) is 32.0 Å². The topological polar surface area (TPSA) is 184 Å². The number of rotatable bonds is 7. The zero-order valence-corrected chi connectivity index (χ0v) is 31.3. The number of hydrogen-bond acceptors (Lipinski definition) is 9. The van der Waals surface area contributed by atoms with Gasteiger partial charge in [0.25, 0.3) is 0 Å². The molecule has 6 amide bonds. The quantitative estimate of drug-likeness (QED) is 0.354. The van der Waals surface area contributed by atoms with Crippen molar-refractivity contribution in [2.75, 3.05) is 26.2 Å². The van der Waals surface area contributed by atoms with Crippen molar-refractivity contribution in [2.45, 2.75) is 102 Å². The highest BCUT2D eigenvalue weighted by Gasteiger charge is 2.46. The van der Waals surface area contributed by atoms with Gasteiger partial charge in [0.15, 0.2) is 0 Å². The number of nitrogens with one attached hydrogen (secondary N) is 3. The minimum absolute atomic E-state index is 0.0363. The minimum Gasteiger partial charge on any atom is -0.461 e. The van der Waals surface area contributed by atoms with E-state index in [1.54, 1.807) is 43.3 Å². The average Bonchev–Trinajstić information content (AvgIpc) is 3.85. The number of carbonyl (C=O) groups is 7. The molecule has 0 saturated carbocycles. The van der Waals surface area contributed by atoms with Crippen LogP contribution < -0.4 is 16.0 Å². The number of benzene rings is 2. The Morgan fingerprint density at radius 2 is 1.45 bits per heavy atom. The first-order valence-electron chi connectivity index (χ1n) is 19.2. The second kappa shape index (κ2) is 17.8. The fourth-order valence-corrected chi connectivity index (χ4v) is 7.95. The Balaban J connectivity index is 1.28. The average molecular weight is 759 g/mol. The molecule has 0 unspecified atom stereocenters. The van der Waals surface area contributed by atoms with Gasteiger partial charge in [-0.05, 0) is 62.5 Å². The lowest BCUT2D eigenvalue weighted by Crippen LogP contribution is -2.62. The number of hydrogen-bond donors (Lipinski definition) is 3. The summed E-state index contributed by atoms with van der Waals surface area (Å²) >= 11 is 0. The molecule has 4 saturated heterocycles. The number of amides is 6. The third kappa shape index (κ3) is 9.43. The van der Waals surface area contributed by atoms with Crippen molar-refractivity contribution in [3.8, 4) is 0 Å². The van der Waals surface area contributed by atoms with E-state index >= 15 is 0 Å². The lowest BCUT2D eigenvalue weighted by Gasteiger charge is -2.39. The number of carbonyl (C=O) groups excluding carboxylic acids is 7. The third-order valence-corrected chi connectivity index (χ3v) is 10.8. The number of esters is 1. The molecule has 4 fully saturated rings. The summed E-state index contributed by atoms with van der Waals surface area (Å²) in [7, 11) is 0. The van der Waals surface area contributed by atoms with Crippen molar-refractivity contribution >= 4 is 41.6 Å². The Labute approximate surface area is 320 Å². The first-order valence-corrected chi connectivity index (χ1v) is 19.2. The molecule has 0 aromatic heterocycles. The lowest BCUT2D eigenvalue weighted by molar-refractivity contribution is -0.158. The van der Waals surface area contributed by atoms with Crippen molar-refractivity contribution < 1.29 is 43.0 Å². The summed E-state index contributed by atoms with van der Waals surface area (Å²) < 4.78 is 11.1. The van der Waals surface area contributed by atoms with Gasteiger partial charge in [-0.3, -0.25) is 24.0 Å². The smallest absolute Gasteiger partial charge is 0.408 e. The zero-order chi connectivity index (χ0) is 39.1. The Morgan fingerprint density at radius 3 is 2.18 bits per heavy atom. The predicted molar refractivity (Wildman–Crippen MR) is 198 cm³/mol. The number of fused-ring (bicyclic) bond motifs is 3. The van der Waals surface area contributed by atoms with Crippen LogP contribution in [-0.2, 0) is 51.3 Å². The number of alkyl carbamates (subject to hydrolysis) is 1. The van der Waals surface area contributed by atoms with Crippen LogP contribution in [0.4, 0.5) is 4.79 Å². The zero-order valence-electron chi connectivity index (χ0n) is 31.3. The Hall–Kier alpha value is -5.47. The third-order valence-electron chi connectivity index (χ3n) is 10.8. The van der Waals surface area contributed by atoms with Gasteiger partial charge in [-0.2, -0.15) is 0 Å². The SMILES string of the molecule is C[C@@H]1C[C@H]2C(=O)OC[C@H](NC(=O)[C@H](Cc3ccccc3)NC(=O)OCc3ccccc3)C(=O)N3CCC[C@H]3C(=O)N3CCCC[C@H]3C(=O)N[C@@H](C)C(=O)N2C1. The molecule has 7 atom stereocenters. The fourth-order valence-electron chi connectivity index (χ4n) is 7.95. The van der Waals surface area contributed by atoms with Crippen molar-refractivity contribution in [3.05, 3.63) is 71.8 Å². The fraction of sp³-hybridized carbons (Fsp3) is 0.525. The van der Waals surface area contributed by atoms with Crippen LogP contribution in [0, 0.1) is 5.92 Å². The molecule has 55 heavy (non-hydrogen) atoms. The summed E-state index contributed by atoms with van der Waals surface area (Å²) in [6, 6.07) is 11.7. The van der Waals surface area contributed by atoms with Crippen molar-refractivity contribution in [1.82, 2.24) is 30.7 Å². The highest BCUT2D eigenvalue weighted by Crippen LogP contribution is 2.28. The first kappa shape index (κ1) is 39.2. The van der Waals surface area contributed by atoms with Crippen LogP contribution >= 0.6 is 0 Å². The van der Waals surface area contributed by atoms with Crippen LogP contribution in [0.5, 0.6) is 0 Å². The molecule has 4 aliphatic rings. The lowest BCUT2D eigenvalue weighted by atomic mass is 9.99. The Morgan fingerprint density at radius 1 is 0.800 bits per heavy atom. The second-order valence-electron chi connectivity index (χ2n) is 15.0.